The summed E-state index contributed by atoms with van der Waals surface area (Å²) in [5, 5.41) is 5.70. The molecule has 1 aliphatic heterocycles. The van der Waals surface area contributed by atoms with Gasteiger partial charge in [-0.25, -0.2) is 14.6 Å². The second-order valence-electron chi connectivity index (χ2n) is 11.0. The molecule has 3 aliphatic rings. The molecule has 2 aliphatic carbocycles. The number of hydrogen-bond donors (Lipinski definition) is 1. The zero-order valence-corrected chi connectivity index (χ0v) is 22.4. The molecule has 0 spiro atoms. The van der Waals surface area contributed by atoms with Crippen molar-refractivity contribution in [3.63, 3.8) is 0 Å². The summed E-state index contributed by atoms with van der Waals surface area (Å²) in [5.74, 6) is 1.97. The lowest BCUT2D eigenvalue weighted by Gasteiger charge is -2.19. The smallest absolute Gasteiger partial charge is 0.246 e. The summed E-state index contributed by atoms with van der Waals surface area (Å²) < 4.78 is 7.88. The summed E-state index contributed by atoms with van der Waals surface area (Å²) in [7, 11) is 0. The van der Waals surface area contributed by atoms with Crippen LogP contribution in [0, 0.1) is 0 Å². The second kappa shape index (κ2) is 10.4. The number of ether oxygens (including phenoxy) is 1. The number of aromatic nitrogens is 4. The minimum Gasteiger partial charge on any atom is -0.457 e. The summed E-state index contributed by atoms with van der Waals surface area (Å²) in [6.07, 6.45) is 11.3. The van der Waals surface area contributed by atoms with E-state index in [0.717, 1.165) is 53.2 Å². The van der Waals surface area contributed by atoms with E-state index in [1.165, 1.54) is 32.0 Å². The minimum absolute atomic E-state index is 0.0120. The van der Waals surface area contributed by atoms with Gasteiger partial charge in [0.15, 0.2) is 5.65 Å². The van der Waals surface area contributed by atoms with Crippen molar-refractivity contribution in [3.8, 4) is 22.8 Å². The summed E-state index contributed by atoms with van der Waals surface area (Å²) >= 11 is 0. The Kier molecular flexibility index (Phi) is 6.43. The number of amides is 1. The average molecular weight is 536 g/mol. The molecule has 9 nitrogen and oxygen atoms in total. The van der Waals surface area contributed by atoms with Gasteiger partial charge in [-0.3, -0.25) is 9.69 Å². The van der Waals surface area contributed by atoms with Gasteiger partial charge in [-0.2, -0.15) is 5.10 Å². The molecule has 2 aromatic carbocycles. The van der Waals surface area contributed by atoms with Crippen molar-refractivity contribution in [3.05, 3.63) is 73.1 Å². The van der Waals surface area contributed by atoms with Gasteiger partial charge in [-0.05, 0) is 68.5 Å². The van der Waals surface area contributed by atoms with Gasteiger partial charge in [-0.1, -0.05) is 24.3 Å². The summed E-state index contributed by atoms with van der Waals surface area (Å²) in [4.78, 5) is 26.3. The largest absolute Gasteiger partial charge is 0.457 e. The quantitative estimate of drug-likeness (QED) is 0.307. The molecule has 3 fully saturated rings. The molecule has 9 heteroatoms. The fraction of sp³-hybridized carbons (Fsp3) is 0.355. The number of nitrogen functional groups attached to an aromatic ring is 1. The van der Waals surface area contributed by atoms with Crippen LogP contribution in [0.1, 0.15) is 38.1 Å². The van der Waals surface area contributed by atoms with E-state index in [1.54, 1.807) is 6.08 Å². The van der Waals surface area contributed by atoms with Crippen LogP contribution in [0.25, 0.3) is 22.3 Å². The van der Waals surface area contributed by atoms with Crippen LogP contribution in [0.5, 0.6) is 11.5 Å². The summed E-state index contributed by atoms with van der Waals surface area (Å²) in [6.45, 7) is 2.14. The maximum Gasteiger partial charge on any atom is 0.246 e. The van der Waals surface area contributed by atoms with Crippen molar-refractivity contribution in [2.45, 2.75) is 50.2 Å². The van der Waals surface area contributed by atoms with Gasteiger partial charge in [0.1, 0.15) is 29.3 Å². The maximum atomic E-state index is 13.0. The van der Waals surface area contributed by atoms with Crippen LogP contribution < -0.4 is 10.5 Å². The standard InChI is InChI=1S/C31H33N7O2/c32-30-28-29(21-8-14-26(15-9-21)40-25-5-2-1-3-6-25)35-38(31(28)34-20-33-30)24-16-18-36(19-24)27(39)7-4-17-37(22-10-11-22)23-12-13-23/h1-9,14-15,20,22-24H,10-13,16-19H2,(H2,32,33,34). The van der Waals surface area contributed by atoms with Crippen molar-refractivity contribution in [1.82, 2.24) is 29.5 Å². The van der Waals surface area contributed by atoms with Crippen LogP contribution in [0.4, 0.5) is 5.82 Å². The fourth-order valence-electron chi connectivity index (χ4n) is 5.69. The van der Waals surface area contributed by atoms with Gasteiger partial charge in [0.25, 0.3) is 0 Å². The Hall–Kier alpha value is -4.24. The molecule has 1 amide bonds. The van der Waals surface area contributed by atoms with Gasteiger partial charge in [0, 0.05) is 43.4 Å². The predicted molar refractivity (Wildman–Crippen MR) is 154 cm³/mol. The highest BCUT2D eigenvalue weighted by Gasteiger charge is 2.38. The summed E-state index contributed by atoms with van der Waals surface area (Å²) in [5.41, 5.74) is 8.65. The average Bonchev–Trinajstić information content (AvgIpc) is 3.91. The molecule has 3 heterocycles. The highest BCUT2D eigenvalue weighted by atomic mass is 16.5. The van der Waals surface area contributed by atoms with Crippen LogP contribution in [0.2, 0.25) is 0 Å². The molecule has 7 rings (SSSR count). The lowest BCUT2D eigenvalue weighted by atomic mass is 10.1. The molecule has 1 unspecified atom stereocenters. The topological polar surface area (TPSA) is 102 Å². The molecule has 2 N–H and O–H groups in total. The van der Waals surface area contributed by atoms with E-state index in [1.807, 2.05) is 70.3 Å². The third-order valence-corrected chi connectivity index (χ3v) is 8.05. The van der Waals surface area contributed by atoms with Crippen molar-refractivity contribution in [2.24, 2.45) is 0 Å². The lowest BCUT2D eigenvalue weighted by molar-refractivity contribution is -0.125. The number of carbonyl (C=O) groups excluding carboxylic acids is 1. The molecule has 0 radical (unpaired) electrons. The first-order chi connectivity index (χ1) is 19.6. The van der Waals surface area contributed by atoms with Crippen molar-refractivity contribution < 1.29 is 9.53 Å². The number of para-hydroxylation sites is 1. The summed E-state index contributed by atoms with van der Waals surface area (Å²) in [6, 6.07) is 18.9. The highest BCUT2D eigenvalue weighted by Crippen LogP contribution is 2.37. The predicted octanol–water partition coefficient (Wildman–Crippen LogP) is 4.82. The van der Waals surface area contributed by atoms with Crippen molar-refractivity contribution in [2.75, 3.05) is 25.4 Å². The molecular weight excluding hydrogens is 502 g/mol. The second-order valence-corrected chi connectivity index (χ2v) is 11.0. The Balaban J connectivity index is 1.08. The third-order valence-electron chi connectivity index (χ3n) is 8.05. The first-order valence-corrected chi connectivity index (χ1v) is 14.2. The number of benzene rings is 2. The van der Waals surface area contributed by atoms with Gasteiger partial charge in [0.05, 0.1) is 11.4 Å². The fourth-order valence-corrected chi connectivity index (χ4v) is 5.69. The van der Waals surface area contributed by atoms with Gasteiger partial charge >= 0.3 is 0 Å². The Labute approximate surface area is 233 Å². The normalized spacial score (nSPS) is 19.2. The van der Waals surface area contributed by atoms with E-state index < -0.39 is 0 Å². The Morgan fingerprint density at radius 3 is 2.42 bits per heavy atom. The number of hydrogen-bond acceptors (Lipinski definition) is 7. The zero-order chi connectivity index (χ0) is 27.1. The zero-order valence-electron chi connectivity index (χ0n) is 22.4. The van der Waals surface area contributed by atoms with E-state index >= 15 is 0 Å². The van der Waals surface area contributed by atoms with Gasteiger partial charge in [-0.15, -0.1) is 0 Å². The Bertz CT molecular complexity index is 1530. The van der Waals surface area contributed by atoms with Crippen LogP contribution in [0.15, 0.2) is 73.1 Å². The molecule has 2 saturated carbocycles. The molecule has 1 atom stereocenters. The van der Waals surface area contributed by atoms with Crippen molar-refractivity contribution >= 4 is 22.8 Å². The number of carbonyl (C=O) groups is 1. The van der Waals surface area contributed by atoms with E-state index in [4.69, 9.17) is 15.6 Å². The molecule has 204 valence electrons. The van der Waals surface area contributed by atoms with Gasteiger partial charge in [0.2, 0.25) is 5.91 Å². The SMILES string of the molecule is Nc1ncnc2c1c(-c1ccc(Oc3ccccc3)cc1)nn2C1CCN(C(=O)C=CCN(C2CC2)C2CC2)C1. The number of nitrogens with zero attached hydrogens (tertiary/aromatic N) is 6. The highest BCUT2D eigenvalue weighted by molar-refractivity contribution is 5.98. The van der Waals surface area contributed by atoms with E-state index in [0.29, 0.717) is 24.6 Å². The van der Waals surface area contributed by atoms with Crippen LogP contribution in [0.3, 0.4) is 0 Å². The number of likely N-dealkylation sites (tertiary alicyclic amines) is 1. The molecule has 2 aromatic heterocycles. The Morgan fingerprint density at radius 1 is 0.975 bits per heavy atom. The number of fused-ring (bicyclic) bond motifs is 1. The number of anilines is 1. The third kappa shape index (κ3) is 5.04. The molecule has 4 aromatic rings. The molecule has 0 bridgehead atoms. The number of nitrogens with two attached hydrogens (primary N) is 1. The van der Waals surface area contributed by atoms with E-state index in [-0.39, 0.29) is 11.9 Å². The minimum atomic E-state index is 0.0120. The lowest BCUT2D eigenvalue weighted by Crippen LogP contribution is -2.30. The van der Waals surface area contributed by atoms with Crippen LogP contribution in [-0.2, 0) is 4.79 Å². The molecule has 40 heavy (non-hydrogen) atoms. The number of rotatable bonds is 9. The molecular formula is C31H33N7O2. The van der Waals surface area contributed by atoms with E-state index in [2.05, 4.69) is 14.9 Å². The van der Waals surface area contributed by atoms with Crippen molar-refractivity contribution in [1.29, 1.82) is 0 Å². The first-order valence-electron chi connectivity index (χ1n) is 14.2. The monoisotopic (exact) mass is 535 g/mol. The maximum absolute atomic E-state index is 13.0. The molecule has 1 saturated heterocycles. The van der Waals surface area contributed by atoms with Crippen LogP contribution in [-0.4, -0.2) is 67.2 Å². The first kappa shape index (κ1) is 24.8. The van der Waals surface area contributed by atoms with Gasteiger partial charge < -0.3 is 15.4 Å². The Morgan fingerprint density at radius 2 is 1.70 bits per heavy atom. The van der Waals surface area contributed by atoms with E-state index in [9.17, 15) is 4.79 Å². The van der Waals surface area contributed by atoms with Crippen LogP contribution >= 0.6 is 0 Å².